The predicted molar refractivity (Wildman–Crippen MR) is 132 cm³/mol. The zero-order valence-electron chi connectivity index (χ0n) is 19.4. The Balaban J connectivity index is 1.28. The van der Waals surface area contributed by atoms with Crippen molar-refractivity contribution >= 4 is 51.9 Å². The van der Waals surface area contributed by atoms with E-state index in [4.69, 9.17) is 16.0 Å². The quantitative estimate of drug-likeness (QED) is 0.477. The highest BCUT2D eigenvalue weighted by molar-refractivity contribution is 6.30. The van der Waals surface area contributed by atoms with E-state index in [9.17, 15) is 19.5 Å². The van der Waals surface area contributed by atoms with Crippen molar-refractivity contribution in [3.8, 4) is 0 Å². The third-order valence-electron chi connectivity index (χ3n) is 6.79. The average Bonchev–Trinajstić information content (AvgIpc) is 3.49. The van der Waals surface area contributed by atoms with Gasteiger partial charge in [0.15, 0.2) is 5.58 Å². The van der Waals surface area contributed by atoms with E-state index in [1.165, 1.54) is 6.20 Å². The number of halogens is 1. The second-order valence-corrected chi connectivity index (χ2v) is 9.67. The minimum atomic E-state index is -0.583. The van der Waals surface area contributed by atoms with Crippen LogP contribution in [0.1, 0.15) is 42.7 Å². The van der Waals surface area contributed by atoms with Crippen molar-refractivity contribution in [2.24, 2.45) is 11.8 Å². The van der Waals surface area contributed by atoms with Crippen LogP contribution in [-0.4, -0.2) is 56.9 Å². The van der Waals surface area contributed by atoms with E-state index in [-0.39, 0.29) is 40.9 Å². The highest BCUT2D eigenvalue weighted by atomic mass is 35.5. The number of hydrogen-bond donors (Lipinski definition) is 3. The molecule has 0 radical (unpaired) electrons. The Bertz CT molecular complexity index is 1290. The first kappa shape index (κ1) is 24.2. The number of furan rings is 1. The molecule has 0 bridgehead atoms. The van der Waals surface area contributed by atoms with E-state index in [1.807, 2.05) is 0 Å². The first-order valence-electron chi connectivity index (χ1n) is 12.0. The molecule has 36 heavy (non-hydrogen) atoms. The number of fused-ring (bicyclic) bond motifs is 1. The Morgan fingerprint density at radius 1 is 1.03 bits per heavy atom. The Kier molecular flexibility index (Phi) is 6.88. The average molecular weight is 512 g/mol. The molecule has 1 aliphatic heterocycles. The van der Waals surface area contributed by atoms with Gasteiger partial charge in [-0.05, 0) is 56.4 Å². The number of rotatable bonds is 5. The number of carbonyl (C=O) groups excluding carboxylic acids is 3. The molecule has 3 aromatic heterocycles. The first-order valence-corrected chi connectivity index (χ1v) is 12.3. The second-order valence-electron chi connectivity index (χ2n) is 9.24. The minimum absolute atomic E-state index is 0.0604. The largest absolute Gasteiger partial charge is 0.447 e. The zero-order valence-corrected chi connectivity index (χ0v) is 20.2. The lowest BCUT2D eigenvalue weighted by Gasteiger charge is -2.29. The van der Waals surface area contributed by atoms with Gasteiger partial charge in [0.2, 0.25) is 17.6 Å². The van der Waals surface area contributed by atoms with Crippen LogP contribution >= 0.6 is 11.6 Å². The van der Waals surface area contributed by atoms with Gasteiger partial charge in [-0.1, -0.05) is 11.6 Å². The van der Waals surface area contributed by atoms with Crippen LogP contribution in [0.4, 0.5) is 11.5 Å². The van der Waals surface area contributed by atoms with Crippen LogP contribution in [0, 0.1) is 11.8 Å². The number of hydrogen-bond acceptors (Lipinski definition) is 7. The van der Waals surface area contributed by atoms with Gasteiger partial charge in [-0.25, -0.2) is 4.98 Å². The highest BCUT2D eigenvalue weighted by Crippen LogP contribution is 2.34. The SMILES string of the molecule is O=C(Nc1ccc(Cl)cn1)c1oc2cccnc2c1NC(=O)[C@H]1CC[C@H](C(=O)N2CCC(O)C2)CC1. The van der Waals surface area contributed by atoms with Gasteiger partial charge in [-0.2, -0.15) is 0 Å². The molecule has 1 aliphatic carbocycles. The zero-order chi connectivity index (χ0) is 25.2. The number of aromatic nitrogens is 2. The van der Waals surface area contributed by atoms with Crippen LogP contribution in [-0.2, 0) is 9.59 Å². The van der Waals surface area contributed by atoms with Gasteiger partial charge in [0.05, 0.1) is 11.1 Å². The standard InChI is InChI=1S/C25H26ClN5O5/c26-16-7-8-19(28-12-16)29-24(34)22-21(20-18(36-22)2-1-10-27-20)30-23(33)14-3-5-15(6-4-14)25(35)31-11-9-17(32)13-31/h1-2,7-8,10,12,14-15,17,32H,3-6,9,11,13H2,(H,30,33)(H,28,29,34)/t14-,15-,17?. The molecule has 2 fully saturated rings. The summed E-state index contributed by atoms with van der Waals surface area (Å²) < 4.78 is 5.75. The van der Waals surface area contributed by atoms with Gasteiger partial charge < -0.3 is 25.1 Å². The Labute approximate surface area is 212 Å². The summed E-state index contributed by atoms with van der Waals surface area (Å²) in [5.74, 6) is -1.01. The summed E-state index contributed by atoms with van der Waals surface area (Å²) in [7, 11) is 0. The molecule has 1 unspecified atom stereocenters. The maximum absolute atomic E-state index is 13.2. The molecule has 3 N–H and O–H groups in total. The lowest BCUT2D eigenvalue weighted by Crippen LogP contribution is -2.38. The number of nitrogens with zero attached hydrogens (tertiary/aromatic N) is 3. The van der Waals surface area contributed by atoms with Gasteiger partial charge in [0.25, 0.3) is 5.91 Å². The molecule has 3 amide bonds. The van der Waals surface area contributed by atoms with Crippen molar-refractivity contribution in [2.45, 2.75) is 38.2 Å². The van der Waals surface area contributed by atoms with E-state index in [1.54, 1.807) is 35.4 Å². The summed E-state index contributed by atoms with van der Waals surface area (Å²) in [6.45, 7) is 0.966. The summed E-state index contributed by atoms with van der Waals surface area (Å²) in [5.41, 5.74) is 0.937. The fourth-order valence-corrected chi connectivity index (χ4v) is 4.97. The van der Waals surface area contributed by atoms with E-state index in [0.717, 1.165) is 0 Å². The summed E-state index contributed by atoms with van der Waals surface area (Å²) >= 11 is 5.86. The van der Waals surface area contributed by atoms with Crippen molar-refractivity contribution < 1.29 is 23.9 Å². The van der Waals surface area contributed by atoms with Crippen molar-refractivity contribution in [3.05, 3.63) is 47.4 Å². The molecule has 1 saturated heterocycles. The number of β-amino-alcohol motifs (C(OH)–C–C–N with tert-alkyl or cyclic N) is 1. The summed E-state index contributed by atoms with van der Waals surface area (Å²) in [4.78, 5) is 49.0. The molecule has 3 aromatic rings. The molecule has 1 saturated carbocycles. The molecule has 2 aliphatic rings. The molecular weight excluding hydrogens is 486 g/mol. The monoisotopic (exact) mass is 511 g/mol. The molecular formula is C25H26ClN5O5. The number of likely N-dealkylation sites (tertiary alicyclic amines) is 1. The Morgan fingerprint density at radius 3 is 2.50 bits per heavy atom. The third-order valence-corrected chi connectivity index (χ3v) is 7.02. The minimum Gasteiger partial charge on any atom is -0.447 e. The molecule has 5 rings (SSSR count). The van der Waals surface area contributed by atoms with Crippen LogP contribution in [0.15, 0.2) is 41.1 Å². The van der Waals surface area contributed by atoms with Crippen molar-refractivity contribution in [1.82, 2.24) is 14.9 Å². The van der Waals surface area contributed by atoms with E-state index in [2.05, 4.69) is 20.6 Å². The Hall–Kier alpha value is -3.50. The molecule has 188 valence electrons. The lowest BCUT2D eigenvalue weighted by atomic mass is 9.81. The van der Waals surface area contributed by atoms with E-state index in [0.29, 0.717) is 61.3 Å². The summed E-state index contributed by atoms with van der Waals surface area (Å²) in [6.07, 6.45) is 5.44. The van der Waals surface area contributed by atoms with Crippen LogP contribution in [0.3, 0.4) is 0 Å². The summed E-state index contributed by atoms with van der Waals surface area (Å²) in [5, 5.41) is 15.7. The second kappa shape index (κ2) is 10.2. The number of carbonyl (C=O) groups is 3. The summed E-state index contributed by atoms with van der Waals surface area (Å²) in [6, 6.07) is 6.50. The number of nitrogens with one attached hydrogen (secondary N) is 2. The number of aliphatic hydroxyl groups excluding tert-OH is 1. The lowest BCUT2D eigenvalue weighted by molar-refractivity contribution is -0.137. The van der Waals surface area contributed by atoms with Crippen LogP contribution < -0.4 is 10.6 Å². The molecule has 0 aromatic carbocycles. The van der Waals surface area contributed by atoms with Gasteiger partial charge in [-0.3, -0.25) is 19.4 Å². The highest BCUT2D eigenvalue weighted by Gasteiger charge is 2.35. The van der Waals surface area contributed by atoms with Crippen LogP contribution in [0.5, 0.6) is 0 Å². The van der Waals surface area contributed by atoms with Gasteiger partial charge in [0, 0.05) is 37.3 Å². The van der Waals surface area contributed by atoms with Crippen LogP contribution in [0.25, 0.3) is 11.1 Å². The normalized spacial score (nSPS) is 21.9. The third kappa shape index (κ3) is 5.05. The molecule has 10 nitrogen and oxygen atoms in total. The van der Waals surface area contributed by atoms with E-state index < -0.39 is 12.0 Å². The van der Waals surface area contributed by atoms with Crippen molar-refractivity contribution in [2.75, 3.05) is 23.7 Å². The molecule has 0 spiro atoms. The molecule has 11 heteroatoms. The number of pyridine rings is 2. The van der Waals surface area contributed by atoms with Crippen molar-refractivity contribution in [3.63, 3.8) is 0 Å². The maximum atomic E-state index is 13.2. The first-order chi connectivity index (χ1) is 17.4. The van der Waals surface area contributed by atoms with E-state index >= 15 is 0 Å². The fourth-order valence-electron chi connectivity index (χ4n) is 4.86. The van der Waals surface area contributed by atoms with Gasteiger partial charge in [-0.15, -0.1) is 0 Å². The smallest absolute Gasteiger partial charge is 0.294 e. The fraction of sp³-hybridized carbons (Fsp3) is 0.400. The van der Waals surface area contributed by atoms with Crippen molar-refractivity contribution in [1.29, 1.82) is 0 Å². The molecule has 1 atom stereocenters. The van der Waals surface area contributed by atoms with Gasteiger partial charge in [0.1, 0.15) is 17.0 Å². The topological polar surface area (TPSA) is 138 Å². The van der Waals surface area contributed by atoms with Gasteiger partial charge >= 0.3 is 0 Å². The predicted octanol–water partition coefficient (Wildman–Crippen LogP) is 3.47. The number of amides is 3. The number of aliphatic hydroxyl groups is 1. The maximum Gasteiger partial charge on any atom is 0.294 e. The molecule has 4 heterocycles. The number of anilines is 2. The Morgan fingerprint density at radius 2 is 1.81 bits per heavy atom. The van der Waals surface area contributed by atoms with Crippen LogP contribution in [0.2, 0.25) is 5.02 Å².